The number of nitrogens with one attached hydrogen (secondary N) is 1. The lowest BCUT2D eigenvalue weighted by atomic mass is 10.3. The maximum Gasteiger partial charge on any atom is 0.167 e. The number of furan rings is 1. The van der Waals surface area contributed by atoms with Crippen LogP contribution in [0, 0.1) is 0 Å². The standard InChI is InChI=1S/C8H6N2O2/c11-4-7-3-9-8(10-7)6-1-2-12-5-6/h1-5H,(H,9,10). The maximum atomic E-state index is 10.3. The third-order valence-electron chi connectivity index (χ3n) is 1.52. The van der Waals surface area contributed by atoms with Crippen LogP contribution in [0.1, 0.15) is 10.5 Å². The molecule has 0 saturated heterocycles. The topological polar surface area (TPSA) is 58.9 Å². The zero-order valence-corrected chi connectivity index (χ0v) is 6.15. The van der Waals surface area contributed by atoms with Crippen LogP contribution in [0.4, 0.5) is 0 Å². The van der Waals surface area contributed by atoms with Gasteiger partial charge < -0.3 is 9.40 Å². The van der Waals surface area contributed by atoms with Crippen molar-refractivity contribution in [1.29, 1.82) is 0 Å². The molecule has 0 saturated carbocycles. The molecule has 12 heavy (non-hydrogen) atoms. The third kappa shape index (κ3) is 1.03. The molecular weight excluding hydrogens is 156 g/mol. The Balaban J connectivity index is 2.41. The van der Waals surface area contributed by atoms with E-state index in [-0.39, 0.29) is 0 Å². The Morgan fingerprint density at radius 3 is 3.08 bits per heavy atom. The predicted molar refractivity (Wildman–Crippen MR) is 41.7 cm³/mol. The quantitative estimate of drug-likeness (QED) is 0.680. The van der Waals surface area contributed by atoms with Crippen LogP contribution in [0.25, 0.3) is 11.4 Å². The summed E-state index contributed by atoms with van der Waals surface area (Å²) in [4.78, 5) is 17.1. The molecule has 0 spiro atoms. The number of aromatic amines is 1. The molecule has 4 nitrogen and oxygen atoms in total. The Bertz CT molecular complexity index is 375. The van der Waals surface area contributed by atoms with Gasteiger partial charge in [-0.05, 0) is 6.07 Å². The lowest BCUT2D eigenvalue weighted by Gasteiger charge is -1.85. The van der Waals surface area contributed by atoms with Gasteiger partial charge in [0.05, 0.1) is 23.7 Å². The zero-order chi connectivity index (χ0) is 8.39. The Labute approximate surface area is 68.2 Å². The van der Waals surface area contributed by atoms with E-state index in [4.69, 9.17) is 4.42 Å². The van der Waals surface area contributed by atoms with Crippen LogP contribution in [0.3, 0.4) is 0 Å². The van der Waals surface area contributed by atoms with E-state index in [2.05, 4.69) is 9.97 Å². The predicted octanol–water partition coefficient (Wildman–Crippen LogP) is 1.48. The highest BCUT2D eigenvalue weighted by Crippen LogP contribution is 2.14. The number of hydrogen-bond donors (Lipinski definition) is 1. The number of nitrogens with zero attached hydrogens (tertiary/aromatic N) is 1. The van der Waals surface area contributed by atoms with E-state index in [1.807, 2.05) is 0 Å². The molecule has 0 aliphatic rings. The van der Waals surface area contributed by atoms with Crippen molar-refractivity contribution in [2.24, 2.45) is 0 Å². The molecule has 60 valence electrons. The zero-order valence-electron chi connectivity index (χ0n) is 6.15. The van der Waals surface area contributed by atoms with Gasteiger partial charge in [-0.25, -0.2) is 4.98 Å². The minimum absolute atomic E-state index is 0.464. The maximum absolute atomic E-state index is 10.3. The molecule has 1 N–H and O–H groups in total. The highest BCUT2D eigenvalue weighted by molar-refractivity contribution is 5.73. The van der Waals surface area contributed by atoms with E-state index >= 15 is 0 Å². The minimum Gasteiger partial charge on any atom is -0.472 e. The van der Waals surface area contributed by atoms with Crippen LogP contribution in [-0.4, -0.2) is 16.3 Å². The molecular formula is C8H6N2O2. The van der Waals surface area contributed by atoms with Crippen molar-refractivity contribution in [2.45, 2.75) is 0 Å². The first-order chi connectivity index (χ1) is 5.90. The van der Waals surface area contributed by atoms with E-state index < -0.39 is 0 Å². The summed E-state index contributed by atoms with van der Waals surface area (Å²) in [7, 11) is 0. The SMILES string of the molecule is O=Cc1cnc(-c2ccoc2)[nH]1. The van der Waals surface area contributed by atoms with E-state index in [0.29, 0.717) is 11.5 Å². The van der Waals surface area contributed by atoms with Gasteiger partial charge in [0.2, 0.25) is 0 Å². The molecule has 2 rings (SSSR count). The smallest absolute Gasteiger partial charge is 0.167 e. The Morgan fingerprint density at radius 1 is 1.58 bits per heavy atom. The van der Waals surface area contributed by atoms with Crippen molar-refractivity contribution >= 4 is 6.29 Å². The van der Waals surface area contributed by atoms with Gasteiger partial charge in [-0.15, -0.1) is 0 Å². The molecule has 0 aliphatic carbocycles. The normalized spacial score (nSPS) is 10.0. The summed E-state index contributed by atoms with van der Waals surface area (Å²) in [6.45, 7) is 0. The fourth-order valence-electron chi connectivity index (χ4n) is 0.941. The van der Waals surface area contributed by atoms with Gasteiger partial charge >= 0.3 is 0 Å². The molecule has 0 radical (unpaired) electrons. The van der Waals surface area contributed by atoms with E-state index in [1.54, 1.807) is 18.6 Å². The number of rotatable bonds is 2. The number of hydrogen-bond acceptors (Lipinski definition) is 3. The second kappa shape index (κ2) is 2.65. The molecule has 2 aromatic heterocycles. The molecule has 0 atom stereocenters. The van der Waals surface area contributed by atoms with Crippen molar-refractivity contribution in [1.82, 2.24) is 9.97 Å². The van der Waals surface area contributed by atoms with Crippen molar-refractivity contribution < 1.29 is 9.21 Å². The molecule has 0 unspecified atom stereocenters. The number of H-pyrrole nitrogens is 1. The van der Waals surface area contributed by atoms with Crippen LogP contribution in [0.2, 0.25) is 0 Å². The Morgan fingerprint density at radius 2 is 2.50 bits per heavy atom. The van der Waals surface area contributed by atoms with Crippen LogP contribution in [0.15, 0.2) is 29.2 Å². The summed E-state index contributed by atoms with van der Waals surface area (Å²) < 4.78 is 4.86. The molecule has 4 heteroatoms. The first-order valence-electron chi connectivity index (χ1n) is 3.43. The largest absolute Gasteiger partial charge is 0.472 e. The number of carbonyl (C=O) groups excluding carboxylic acids is 1. The summed E-state index contributed by atoms with van der Waals surface area (Å²) in [6, 6.07) is 1.77. The van der Waals surface area contributed by atoms with Gasteiger partial charge in [0, 0.05) is 0 Å². The average molecular weight is 162 g/mol. The summed E-state index contributed by atoms with van der Waals surface area (Å²) in [5, 5.41) is 0. The fraction of sp³-hybridized carbons (Fsp3) is 0. The second-order valence-corrected chi connectivity index (χ2v) is 2.32. The summed E-state index contributed by atoms with van der Waals surface area (Å²) in [6.07, 6.45) is 5.32. The fourth-order valence-corrected chi connectivity index (χ4v) is 0.941. The summed E-state index contributed by atoms with van der Waals surface area (Å²) >= 11 is 0. The average Bonchev–Trinajstić information content (AvgIpc) is 2.75. The van der Waals surface area contributed by atoms with Crippen molar-refractivity contribution in [3.05, 3.63) is 30.5 Å². The first-order valence-corrected chi connectivity index (χ1v) is 3.43. The Hall–Kier alpha value is -1.84. The van der Waals surface area contributed by atoms with Crippen molar-refractivity contribution in [2.75, 3.05) is 0 Å². The third-order valence-corrected chi connectivity index (χ3v) is 1.52. The summed E-state index contributed by atoms with van der Waals surface area (Å²) in [5.41, 5.74) is 1.30. The summed E-state index contributed by atoms with van der Waals surface area (Å²) in [5.74, 6) is 0.644. The van der Waals surface area contributed by atoms with E-state index in [0.717, 1.165) is 11.8 Å². The monoisotopic (exact) mass is 162 g/mol. The molecule has 2 heterocycles. The highest BCUT2D eigenvalue weighted by Gasteiger charge is 2.02. The second-order valence-electron chi connectivity index (χ2n) is 2.32. The van der Waals surface area contributed by atoms with E-state index in [9.17, 15) is 4.79 Å². The van der Waals surface area contributed by atoms with Gasteiger partial charge in [-0.3, -0.25) is 4.79 Å². The number of carbonyl (C=O) groups is 1. The van der Waals surface area contributed by atoms with Crippen molar-refractivity contribution in [3.63, 3.8) is 0 Å². The van der Waals surface area contributed by atoms with Gasteiger partial charge in [-0.2, -0.15) is 0 Å². The lowest BCUT2D eigenvalue weighted by Crippen LogP contribution is -1.78. The van der Waals surface area contributed by atoms with Gasteiger partial charge in [0.15, 0.2) is 6.29 Å². The van der Waals surface area contributed by atoms with Crippen molar-refractivity contribution in [3.8, 4) is 11.4 Å². The Kier molecular flexibility index (Phi) is 1.51. The number of imidazole rings is 1. The van der Waals surface area contributed by atoms with Gasteiger partial charge in [-0.1, -0.05) is 0 Å². The van der Waals surface area contributed by atoms with E-state index in [1.165, 1.54) is 6.20 Å². The molecule has 0 aliphatic heterocycles. The van der Waals surface area contributed by atoms with Gasteiger partial charge in [0.1, 0.15) is 12.1 Å². The molecule has 0 fully saturated rings. The van der Waals surface area contributed by atoms with Crippen LogP contribution in [0.5, 0.6) is 0 Å². The van der Waals surface area contributed by atoms with Crippen LogP contribution >= 0.6 is 0 Å². The highest BCUT2D eigenvalue weighted by atomic mass is 16.3. The lowest BCUT2D eigenvalue weighted by molar-refractivity contribution is 0.111. The molecule has 2 aromatic rings. The van der Waals surface area contributed by atoms with Crippen LogP contribution in [-0.2, 0) is 0 Å². The van der Waals surface area contributed by atoms with Crippen LogP contribution < -0.4 is 0 Å². The molecule has 0 aromatic carbocycles. The number of aromatic nitrogens is 2. The first kappa shape index (κ1) is 6.84. The van der Waals surface area contributed by atoms with Gasteiger partial charge in [0.25, 0.3) is 0 Å². The number of aldehydes is 1. The molecule has 0 amide bonds. The molecule has 0 bridgehead atoms. The minimum atomic E-state index is 0.464.